The molecule has 4 heterocycles. The summed E-state index contributed by atoms with van der Waals surface area (Å²) in [5.41, 5.74) is 7.04. The van der Waals surface area contributed by atoms with E-state index in [-0.39, 0.29) is 42.2 Å². The second-order valence-electron chi connectivity index (χ2n) is 16.1. The Morgan fingerprint density at radius 3 is 2.44 bits per heavy atom. The van der Waals surface area contributed by atoms with Crippen LogP contribution in [-0.2, 0) is 17.9 Å². The predicted octanol–water partition coefficient (Wildman–Crippen LogP) is 8.09. The van der Waals surface area contributed by atoms with E-state index in [0.717, 1.165) is 44.4 Å². The zero-order chi connectivity index (χ0) is 44.5. The van der Waals surface area contributed by atoms with E-state index in [0.29, 0.717) is 53.0 Å². The highest BCUT2D eigenvalue weighted by atomic mass is 35.5. The molecule has 8 rings (SSSR count). The van der Waals surface area contributed by atoms with Crippen LogP contribution >= 0.6 is 22.9 Å². The number of phenolic OH excluding ortho intramolecular Hbond substituents is 2. The molecule has 0 saturated heterocycles. The number of aromatic hydroxyl groups is 2. The summed E-state index contributed by atoms with van der Waals surface area (Å²) in [6, 6.07) is 25.4. The standard InChI is InChI=1S/C47H48ClN9O5S/c1-26(2)36-21-37(40(59)23-39(36)58)44-52-54-47(61)57(44)34-16-10-30(11-17-34)24-55(6)25-31-8-7-9-35(20-31)62-19-18-49-41(60)22-38-45-53-51-29(5)56(45)46-42(27(3)28(4)63-46)43(50-38)32-12-14-33(48)15-13-32/h7-17,20-21,23,26,38,58-59H,18-19,22,24-25H2,1-6H3,(H,49,60)(H,54,61)/t38-/m0/s1. The number of hydrogen-bond acceptors (Lipinski definition) is 11. The van der Waals surface area contributed by atoms with Gasteiger partial charge in [0.1, 0.15) is 40.7 Å². The molecule has 0 aliphatic carbocycles. The van der Waals surface area contributed by atoms with Crippen molar-refractivity contribution in [3.05, 3.63) is 150 Å². The van der Waals surface area contributed by atoms with E-state index in [2.05, 4.69) is 44.5 Å². The molecule has 63 heavy (non-hydrogen) atoms. The lowest BCUT2D eigenvalue weighted by atomic mass is 9.98. The molecule has 0 radical (unpaired) electrons. The molecule has 1 aliphatic heterocycles. The minimum absolute atomic E-state index is 0.00860. The van der Waals surface area contributed by atoms with E-state index in [1.165, 1.54) is 15.5 Å². The van der Waals surface area contributed by atoms with Crippen molar-refractivity contribution in [3.63, 3.8) is 0 Å². The van der Waals surface area contributed by atoms with E-state index >= 15 is 0 Å². The van der Waals surface area contributed by atoms with Gasteiger partial charge in [-0.05, 0) is 98.5 Å². The molecule has 14 nitrogen and oxygen atoms in total. The maximum Gasteiger partial charge on any atom is 0.348 e. The zero-order valence-corrected chi connectivity index (χ0v) is 37.4. The summed E-state index contributed by atoms with van der Waals surface area (Å²) in [5.74, 6) is 1.92. The predicted molar refractivity (Wildman–Crippen MR) is 245 cm³/mol. The van der Waals surface area contributed by atoms with Crippen molar-refractivity contribution in [3.8, 4) is 39.3 Å². The van der Waals surface area contributed by atoms with Crippen LogP contribution in [0.1, 0.15) is 82.1 Å². The van der Waals surface area contributed by atoms with Gasteiger partial charge in [-0.2, -0.15) is 5.10 Å². The number of H-pyrrole nitrogens is 1. The van der Waals surface area contributed by atoms with Crippen molar-refractivity contribution in [2.45, 2.75) is 66.1 Å². The molecule has 0 spiro atoms. The highest BCUT2D eigenvalue weighted by Crippen LogP contribution is 2.40. The lowest BCUT2D eigenvalue weighted by Gasteiger charge is -2.18. The molecule has 16 heteroatoms. The van der Waals surface area contributed by atoms with Crippen LogP contribution in [0.5, 0.6) is 17.2 Å². The first-order chi connectivity index (χ1) is 30.2. The fourth-order valence-electron chi connectivity index (χ4n) is 7.86. The molecule has 0 saturated carbocycles. The third-order valence-corrected chi connectivity index (χ3v) is 12.6. The Labute approximate surface area is 373 Å². The van der Waals surface area contributed by atoms with E-state index < -0.39 is 11.7 Å². The minimum Gasteiger partial charge on any atom is -0.508 e. The lowest BCUT2D eigenvalue weighted by molar-refractivity contribution is -0.121. The van der Waals surface area contributed by atoms with Crippen LogP contribution in [-0.4, -0.2) is 76.5 Å². The average Bonchev–Trinajstić information content (AvgIpc) is 3.89. The summed E-state index contributed by atoms with van der Waals surface area (Å²) in [7, 11) is 2.03. The Hall–Kier alpha value is -6.55. The largest absolute Gasteiger partial charge is 0.508 e. The van der Waals surface area contributed by atoms with E-state index in [1.54, 1.807) is 17.4 Å². The van der Waals surface area contributed by atoms with Crippen LogP contribution < -0.4 is 15.7 Å². The molecule has 1 atom stereocenters. The van der Waals surface area contributed by atoms with Gasteiger partial charge in [0, 0.05) is 40.2 Å². The van der Waals surface area contributed by atoms with Gasteiger partial charge in [0.05, 0.1) is 29.9 Å². The van der Waals surface area contributed by atoms with Crippen molar-refractivity contribution in [2.75, 3.05) is 20.2 Å². The summed E-state index contributed by atoms with van der Waals surface area (Å²) in [6.45, 7) is 11.8. The fourth-order valence-corrected chi connectivity index (χ4v) is 9.20. The highest BCUT2D eigenvalue weighted by molar-refractivity contribution is 7.15. The van der Waals surface area contributed by atoms with E-state index in [9.17, 15) is 19.8 Å². The number of phenols is 2. The first-order valence-corrected chi connectivity index (χ1v) is 21.8. The molecule has 4 aromatic carbocycles. The normalized spacial score (nSPS) is 13.5. The number of fused-ring (bicyclic) bond motifs is 3. The second-order valence-corrected chi connectivity index (χ2v) is 17.7. The van der Waals surface area contributed by atoms with Crippen LogP contribution in [0.25, 0.3) is 22.1 Å². The number of nitrogens with one attached hydrogen (secondary N) is 2. The van der Waals surface area contributed by atoms with Gasteiger partial charge in [0.2, 0.25) is 5.91 Å². The Bertz CT molecular complexity index is 2900. The molecule has 1 amide bonds. The number of aryl methyl sites for hydroxylation is 2. The fraction of sp³-hybridized carbons (Fsp3) is 0.277. The summed E-state index contributed by atoms with van der Waals surface area (Å²) < 4.78 is 9.51. The molecule has 4 N–H and O–H groups in total. The molecule has 0 bridgehead atoms. The Morgan fingerprint density at radius 1 is 0.952 bits per heavy atom. The van der Waals surface area contributed by atoms with Gasteiger partial charge in [-0.1, -0.05) is 61.8 Å². The van der Waals surface area contributed by atoms with Crippen molar-refractivity contribution < 1.29 is 19.7 Å². The van der Waals surface area contributed by atoms with Crippen LogP contribution in [0.15, 0.2) is 94.7 Å². The number of aliphatic imine (C=N–C) groups is 1. The number of thiophene rings is 1. The van der Waals surface area contributed by atoms with E-state index in [1.807, 2.05) is 105 Å². The summed E-state index contributed by atoms with van der Waals surface area (Å²) >= 11 is 7.92. The van der Waals surface area contributed by atoms with Gasteiger partial charge in [0.15, 0.2) is 11.6 Å². The number of aromatic nitrogens is 6. The third kappa shape index (κ3) is 9.03. The first-order valence-electron chi connectivity index (χ1n) is 20.6. The van der Waals surface area contributed by atoms with Gasteiger partial charge in [-0.15, -0.1) is 21.5 Å². The molecular weight excluding hydrogens is 838 g/mol. The SMILES string of the molecule is Cc1sc2c(c1C)C(c1ccc(Cl)cc1)=N[C@@H](CC(=O)NCCOc1cccc(CN(C)Cc3ccc(-n4c(-c5cc(C(C)C)c(O)cc5O)n[nH]c4=O)cc3)c1)c1nnc(C)n1-2. The number of benzene rings is 4. The monoisotopic (exact) mass is 885 g/mol. The summed E-state index contributed by atoms with van der Waals surface area (Å²) in [6.07, 6.45) is 0.0825. The number of aromatic amines is 1. The van der Waals surface area contributed by atoms with E-state index in [4.69, 9.17) is 21.3 Å². The summed E-state index contributed by atoms with van der Waals surface area (Å²) in [5, 5.41) is 41.2. The number of carbonyl (C=O) groups excluding carboxylic acids is 1. The average molecular weight is 886 g/mol. The smallest absolute Gasteiger partial charge is 0.348 e. The molecule has 0 unspecified atom stereocenters. The summed E-state index contributed by atoms with van der Waals surface area (Å²) in [4.78, 5) is 34.9. The van der Waals surface area contributed by atoms with Gasteiger partial charge in [-0.25, -0.2) is 14.5 Å². The van der Waals surface area contributed by atoms with Gasteiger partial charge < -0.3 is 20.3 Å². The van der Waals surface area contributed by atoms with Crippen molar-refractivity contribution in [1.82, 2.24) is 39.7 Å². The topological polar surface area (TPSA) is 176 Å². The van der Waals surface area contributed by atoms with Gasteiger partial charge in [-0.3, -0.25) is 19.3 Å². The molecule has 0 fully saturated rings. The Morgan fingerprint density at radius 2 is 1.70 bits per heavy atom. The molecular formula is C47H48ClN9O5S. The van der Waals surface area contributed by atoms with Gasteiger partial charge >= 0.3 is 5.69 Å². The second kappa shape index (κ2) is 18.0. The number of nitrogens with zero attached hydrogens (tertiary/aromatic N) is 7. The number of amides is 1. The number of carbonyl (C=O) groups is 1. The van der Waals surface area contributed by atoms with Crippen molar-refractivity contribution in [1.29, 1.82) is 0 Å². The molecule has 324 valence electrons. The van der Waals surface area contributed by atoms with Crippen molar-refractivity contribution in [2.24, 2.45) is 4.99 Å². The highest BCUT2D eigenvalue weighted by Gasteiger charge is 2.32. The molecule has 1 aliphatic rings. The number of hydrogen-bond donors (Lipinski definition) is 4. The number of rotatable bonds is 14. The minimum atomic E-state index is -0.567. The number of halogens is 1. The first kappa shape index (κ1) is 43.1. The Balaban J connectivity index is 0.871. The van der Waals surface area contributed by atoms with Crippen LogP contribution in [0, 0.1) is 20.8 Å². The number of ether oxygens (including phenoxy) is 1. The zero-order valence-electron chi connectivity index (χ0n) is 35.8. The van der Waals surface area contributed by atoms with Crippen LogP contribution in [0.3, 0.4) is 0 Å². The lowest BCUT2D eigenvalue weighted by Crippen LogP contribution is -2.29. The maximum absolute atomic E-state index is 13.5. The quantitative estimate of drug-likeness (QED) is 0.0787. The third-order valence-electron chi connectivity index (χ3n) is 11.1. The van der Waals surface area contributed by atoms with Crippen LogP contribution in [0.2, 0.25) is 5.02 Å². The molecule has 7 aromatic rings. The van der Waals surface area contributed by atoms with Crippen molar-refractivity contribution >= 4 is 34.6 Å². The maximum atomic E-state index is 13.5. The van der Waals surface area contributed by atoms with Gasteiger partial charge in [0.25, 0.3) is 0 Å². The Kier molecular flexibility index (Phi) is 12.3. The van der Waals surface area contributed by atoms with Crippen LogP contribution in [0.4, 0.5) is 0 Å². The molecule has 3 aromatic heterocycles.